The first-order valence-electron chi connectivity index (χ1n) is 9.45. The van der Waals surface area contributed by atoms with Gasteiger partial charge in [0.2, 0.25) is 0 Å². The number of hydrogen-bond donors (Lipinski definition) is 0. The molecule has 0 bridgehead atoms. The van der Waals surface area contributed by atoms with E-state index in [9.17, 15) is 4.39 Å². The number of rotatable bonds is 8. The van der Waals surface area contributed by atoms with Gasteiger partial charge >= 0.3 is 0 Å². The van der Waals surface area contributed by atoms with Crippen LogP contribution in [0.2, 0.25) is 10.0 Å². The van der Waals surface area contributed by atoms with Crippen molar-refractivity contribution >= 4 is 23.2 Å². The van der Waals surface area contributed by atoms with Crippen LogP contribution in [0.4, 0.5) is 4.39 Å². The fourth-order valence-corrected chi connectivity index (χ4v) is 3.29. The van der Waals surface area contributed by atoms with E-state index in [-0.39, 0.29) is 11.2 Å². The first kappa shape index (κ1) is 21.6. The first-order valence-corrected chi connectivity index (χ1v) is 10.2. The first-order chi connectivity index (χ1) is 13.9. The second kappa shape index (κ2) is 9.62. The Hall–Kier alpha value is -2.07. The van der Waals surface area contributed by atoms with Gasteiger partial charge in [-0.3, -0.25) is 0 Å². The molecule has 0 amide bonds. The number of ether oxygens (including phenoxy) is 2. The molecule has 0 spiro atoms. The van der Waals surface area contributed by atoms with E-state index in [1.54, 1.807) is 12.1 Å². The van der Waals surface area contributed by atoms with Crippen LogP contribution < -0.4 is 4.74 Å². The normalized spacial score (nSPS) is 13.1. The molecule has 0 aromatic heterocycles. The van der Waals surface area contributed by atoms with Gasteiger partial charge < -0.3 is 9.47 Å². The van der Waals surface area contributed by atoms with Gasteiger partial charge in [-0.2, -0.15) is 0 Å². The van der Waals surface area contributed by atoms with Crippen molar-refractivity contribution in [3.63, 3.8) is 0 Å². The average molecular weight is 433 g/mol. The molecule has 0 saturated carbocycles. The predicted molar refractivity (Wildman–Crippen MR) is 117 cm³/mol. The summed E-state index contributed by atoms with van der Waals surface area (Å²) in [6.45, 7) is 5.28. The largest absolute Gasteiger partial charge is 0.457 e. The summed E-state index contributed by atoms with van der Waals surface area (Å²) in [6, 6.07) is 19.4. The summed E-state index contributed by atoms with van der Waals surface area (Å²) in [4.78, 5) is 0. The quantitative estimate of drug-likeness (QED) is 0.361. The molecule has 1 unspecified atom stereocenters. The molecule has 0 aliphatic rings. The van der Waals surface area contributed by atoms with Crippen molar-refractivity contribution in [3.8, 4) is 11.5 Å². The van der Waals surface area contributed by atoms with Crippen molar-refractivity contribution in [2.45, 2.75) is 32.3 Å². The van der Waals surface area contributed by atoms with Gasteiger partial charge in [-0.1, -0.05) is 55.2 Å². The van der Waals surface area contributed by atoms with Crippen LogP contribution in [0.15, 0.2) is 66.7 Å². The molecule has 0 aliphatic carbocycles. The average Bonchev–Trinajstić information content (AvgIpc) is 2.72. The molecule has 3 rings (SSSR count). The lowest BCUT2D eigenvalue weighted by atomic mass is 9.81. The molecule has 2 nitrogen and oxygen atoms in total. The van der Waals surface area contributed by atoms with E-state index >= 15 is 0 Å². The molecule has 5 heteroatoms. The van der Waals surface area contributed by atoms with Crippen LogP contribution in [0.3, 0.4) is 0 Å². The highest BCUT2D eigenvalue weighted by Crippen LogP contribution is 2.33. The molecule has 0 aliphatic heterocycles. The highest BCUT2D eigenvalue weighted by atomic mass is 35.5. The molecule has 29 heavy (non-hydrogen) atoms. The Balaban J connectivity index is 1.63. The molecule has 152 valence electrons. The van der Waals surface area contributed by atoms with Gasteiger partial charge in [0.05, 0.1) is 23.3 Å². The Labute approximate surface area is 181 Å². The van der Waals surface area contributed by atoms with E-state index in [4.69, 9.17) is 32.7 Å². The number of benzene rings is 3. The van der Waals surface area contributed by atoms with Gasteiger partial charge in [0.1, 0.15) is 17.3 Å². The van der Waals surface area contributed by atoms with Crippen molar-refractivity contribution in [3.05, 3.63) is 93.7 Å². The Bertz CT molecular complexity index is 959. The number of halogens is 3. The summed E-state index contributed by atoms with van der Waals surface area (Å²) in [5.74, 6) is 0.975. The number of hydrogen-bond acceptors (Lipinski definition) is 2. The van der Waals surface area contributed by atoms with Crippen LogP contribution in [0.25, 0.3) is 0 Å². The maximum absolute atomic E-state index is 13.0. The molecule has 0 radical (unpaired) electrons. The zero-order valence-corrected chi connectivity index (χ0v) is 17.9. The summed E-state index contributed by atoms with van der Waals surface area (Å²) >= 11 is 12.2. The minimum Gasteiger partial charge on any atom is -0.457 e. The lowest BCUT2D eigenvalue weighted by molar-refractivity contribution is 0.0747. The van der Waals surface area contributed by atoms with Crippen molar-refractivity contribution in [2.75, 3.05) is 6.61 Å². The maximum atomic E-state index is 13.0. The molecule has 1 atom stereocenters. The fourth-order valence-electron chi connectivity index (χ4n) is 2.99. The molecule has 0 N–H and O–H groups in total. The Morgan fingerprint density at radius 3 is 2.34 bits per heavy atom. The Morgan fingerprint density at radius 2 is 1.66 bits per heavy atom. The van der Waals surface area contributed by atoms with E-state index in [1.165, 1.54) is 12.1 Å². The van der Waals surface area contributed by atoms with Gasteiger partial charge in [0.15, 0.2) is 0 Å². The second-order valence-corrected chi connectivity index (χ2v) is 8.05. The monoisotopic (exact) mass is 432 g/mol. The minimum absolute atomic E-state index is 0.170. The Morgan fingerprint density at radius 1 is 0.897 bits per heavy atom. The van der Waals surface area contributed by atoms with Gasteiger partial charge in [-0.25, -0.2) is 4.39 Å². The van der Waals surface area contributed by atoms with Gasteiger partial charge in [0.25, 0.3) is 0 Å². The Kier molecular flexibility index (Phi) is 7.18. The topological polar surface area (TPSA) is 18.5 Å². The van der Waals surface area contributed by atoms with E-state index < -0.39 is 0 Å². The SMILES string of the molecule is CCC(C)(COCc1cccc(Oc2ccc(F)cc2)c1)c1ccc(Cl)c(Cl)c1. The standard InChI is InChI=1S/C24H23Cl2FO2/c1-3-24(2,18-7-12-22(25)23(26)14-18)16-28-15-17-5-4-6-21(13-17)29-20-10-8-19(27)9-11-20/h4-14H,3,15-16H2,1-2H3. The maximum Gasteiger partial charge on any atom is 0.127 e. The summed E-state index contributed by atoms with van der Waals surface area (Å²) in [5.41, 5.74) is 1.93. The summed E-state index contributed by atoms with van der Waals surface area (Å²) in [6.07, 6.45) is 0.901. The molecule has 0 saturated heterocycles. The highest BCUT2D eigenvalue weighted by molar-refractivity contribution is 6.42. The van der Waals surface area contributed by atoms with Crippen LogP contribution in [-0.4, -0.2) is 6.61 Å². The lowest BCUT2D eigenvalue weighted by Gasteiger charge is -2.29. The van der Waals surface area contributed by atoms with Crippen molar-refractivity contribution in [2.24, 2.45) is 0 Å². The smallest absolute Gasteiger partial charge is 0.127 e. The zero-order chi connectivity index (χ0) is 20.9. The fraction of sp³-hybridized carbons (Fsp3) is 0.250. The van der Waals surface area contributed by atoms with E-state index in [0.717, 1.165) is 17.5 Å². The predicted octanol–water partition coefficient (Wildman–Crippen LogP) is 7.81. The minimum atomic E-state index is -0.291. The third-order valence-electron chi connectivity index (χ3n) is 5.03. The van der Waals surface area contributed by atoms with Crippen LogP contribution in [-0.2, 0) is 16.8 Å². The second-order valence-electron chi connectivity index (χ2n) is 7.24. The summed E-state index contributed by atoms with van der Waals surface area (Å²) in [5, 5.41) is 1.10. The molecule has 3 aromatic carbocycles. The van der Waals surface area contributed by atoms with Crippen molar-refractivity contribution < 1.29 is 13.9 Å². The molecular formula is C24H23Cl2FO2. The van der Waals surface area contributed by atoms with Gasteiger partial charge in [-0.05, 0) is 66.1 Å². The summed E-state index contributed by atoms with van der Waals surface area (Å²) < 4.78 is 24.9. The van der Waals surface area contributed by atoms with E-state index in [2.05, 4.69) is 13.8 Å². The van der Waals surface area contributed by atoms with Gasteiger partial charge in [0, 0.05) is 5.41 Å². The summed E-state index contributed by atoms with van der Waals surface area (Å²) in [7, 11) is 0. The van der Waals surface area contributed by atoms with E-state index in [0.29, 0.717) is 34.8 Å². The third kappa shape index (κ3) is 5.72. The van der Waals surface area contributed by atoms with Crippen LogP contribution >= 0.6 is 23.2 Å². The van der Waals surface area contributed by atoms with Crippen LogP contribution in [0.5, 0.6) is 11.5 Å². The van der Waals surface area contributed by atoms with Crippen molar-refractivity contribution in [1.82, 2.24) is 0 Å². The van der Waals surface area contributed by atoms with Crippen LogP contribution in [0.1, 0.15) is 31.4 Å². The molecule has 0 heterocycles. The zero-order valence-electron chi connectivity index (χ0n) is 16.4. The van der Waals surface area contributed by atoms with E-state index in [1.807, 2.05) is 42.5 Å². The third-order valence-corrected chi connectivity index (χ3v) is 5.77. The van der Waals surface area contributed by atoms with Crippen molar-refractivity contribution in [1.29, 1.82) is 0 Å². The lowest BCUT2D eigenvalue weighted by Crippen LogP contribution is -2.27. The highest BCUT2D eigenvalue weighted by Gasteiger charge is 2.25. The van der Waals surface area contributed by atoms with Gasteiger partial charge in [-0.15, -0.1) is 0 Å². The molecular weight excluding hydrogens is 410 g/mol. The molecule has 0 fully saturated rings. The van der Waals surface area contributed by atoms with Crippen LogP contribution in [0, 0.1) is 5.82 Å². The molecule has 3 aromatic rings.